The first kappa shape index (κ1) is 10.6. The second kappa shape index (κ2) is 4.28. The highest BCUT2D eigenvalue weighted by atomic mass is 79.9. The Morgan fingerprint density at radius 1 is 1.53 bits per heavy atom. The first-order chi connectivity index (χ1) is 7.15. The highest BCUT2D eigenvalue weighted by Crippen LogP contribution is 2.20. The van der Waals surface area contributed by atoms with Crippen LogP contribution in [0.5, 0.6) is 0 Å². The van der Waals surface area contributed by atoms with Crippen LogP contribution in [0.3, 0.4) is 0 Å². The van der Waals surface area contributed by atoms with Crippen LogP contribution in [-0.4, -0.2) is 28.1 Å². The van der Waals surface area contributed by atoms with E-state index in [1.807, 2.05) is 0 Å². The summed E-state index contributed by atoms with van der Waals surface area (Å²) >= 11 is 3.25. The first-order valence-corrected chi connectivity index (χ1v) is 5.54. The molecule has 0 aliphatic heterocycles. The Balaban J connectivity index is 1.96. The number of halogens is 1. The minimum absolute atomic E-state index is 0.103. The number of rotatable bonds is 2. The molecule has 4 nitrogen and oxygen atoms in total. The normalized spacial score (nSPS) is 24.4. The smallest absolute Gasteiger partial charge is 0.253 e. The quantitative estimate of drug-likeness (QED) is 0.846. The van der Waals surface area contributed by atoms with Crippen molar-refractivity contribution in [2.45, 2.75) is 25.0 Å². The van der Waals surface area contributed by atoms with Gasteiger partial charge in [-0.05, 0) is 34.8 Å². The van der Waals surface area contributed by atoms with Crippen LogP contribution in [0.1, 0.15) is 23.2 Å². The predicted octanol–water partition coefficient (Wildman–Crippen LogP) is 1.10. The summed E-state index contributed by atoms with van der Waals surface area (Å²) in [5.41, 5.74) is 0.533. The fraction of sp³-hybridized carbons (Fsp3) is 0.400. The van der Waals surface area contributed by atoms with Gasteiger partial charge in [-0.2, -0.15) is 0 Å². The van der Waals surface area contributed by atoms with Gasteiger partial charge >= 0.3 is 0 Å². The maximum Gasteiger partial charge on any atom is 0.253 e. The van der Waals surface area contributed by atoms with Gasteiger partial charge in [-0.3, -0.25) is 9.78 Å². The molecule has 1 aliphatic carbocycles. The molecule has 1 aromatic rings. The van der Waals surface area contributed by atoms with Gasteiger partial charge < -0.3 is 10.4 Å². The van der Waals surface area contributed by atoms with Crippen molar-refractivity contribution in [3.8, 4) is 0 Å². The Hall–Kier alpha value is -0.940. The van der Waals surface area contributed by atoms with Gasteiger partial charge in [0.25, 0.3) is 5.91 Å². The molecule has 2 N–H and O–H groups in total. The molecule has 1 fully saturated rings. The van der Waals surface area contributed by atoms with Gasteiger partial charge in [-0.1, -0.05) is 0 Å². The Kier molecular flexibility index (Phi) is 3.02. The van der Waals surface area contributed by atoms with Crippen molar-refractivity contribution < 1.29 is 9.90 Å². The zero-order valence-corrected chi connectivity index (χ0v) is 9.57. The van der Waals surface area contributed by atoms with Crippen molar-refractivity contribution in [1.82, 2.24) is 10.3 Å². The number of pyridine rings is 1. The van der Waals surface area contributed by atoms with E-state index < -0.39 is 0 Å². The van der Waals surface area contributed by atoms with Gasteiger partial charge in [-0.15, -0.1) is 0 Å². The van der Waals surface area contributed by atoms with Gasteiger partial charge in [0.2, 0.25) is 0 Å². The van der Waals surface area contributed by atoms with E-state index in [1.165, 1.54) is 6.20 Å². The maximum atomic E-state index is 11.7. The molecular weight excluding hydrogens is 260 g/mol. The number of aromatic nitrogens is 1. The Labute approximate surface area is 95.8 Å². The van der Waals surface area contributed by atoms with Crippen molar-refractivity contribution in [3.05, 3.63) is 28.5 Å². The number of aliphatic hydroxyl groups excluding tert-OH is 1. The Bertz CT molecular complexity index is 377. The van der Waals surface area contributed by atoms with E-state index in [0.717, 1.165) is 4.47 Å². The first-order valence-electron chi connectivity index (χ1n) is 4.74. The largest absolute Gasteiger partial charge is 0.393 e. The SMILES string of the molecule is O=C(NC1CC(O)C1)c1cncc(Br)c1. The average molecular weight is 271 g/mol. The van der Waals surface area contributed by atoms with Crippen molar-refractivity contribution in [2.24, 2.45) is 0 Å². The average Bonchev–Trinajstić information content (AvgIpc) is 2.15. The highest BCUT2D eigenvalue weighted by molar-refractivity contribution is 9.10. The number of carbonyl (C=O) groups excluding carboxylic acids is 1. The third kappa shape index (κ3) is 2.54. The molecule has 15 heavy (non-hydrogen) atoms. The van der Waals surface area contributed by atoms with E-state index in [9.17, 15) is 4.79 Å². The van der Waals surface area contributed by atoms with Crippen molar-refractivity contribution in [2.75, 3.05) is 0 Å². The fourth-order valence-corrected chi connectivity index (χ4v) is 1.88. The van der Waals surface area contributed by atoms with E-state index in [0.29, 0.717) is 18.4 Å². The molecule has 0 spiro atoms. The summed E-state index contributed by atoms with van der Waals surface area (Å²) in [7, 11) is 0. The number of aliphatic hydroxyl groups is 1. The van der Waals surface area contributed by atoms with Crippen LogP contribution in [0.2, 0.25) is 0 Å². The minimum Gasteiger partial charge on any atom is -0.393 e. The molecule has 0 unspecified atom stereocenters. The summed E-state index contributed by atoms with van der Waals surface area (Å²) in [5.74, 6) is -0.138. The van der Waals surface area contributed by atoms with Gasteiger partial charge in [0.1, 0.15) is 0 Å². The summed E-state index contributed by atoms with van der Waals surface area (Å²) in [5, 5.41) is 11.9. The summed E-state index contributed by atoms with van der Waals surface area (Å²) in [6.07, 6.45) is 4.19. The highest BCUT2D eigenvalue weighted by Gasteiger charge is 2.28. The molecule has 1 aromatic heterocycles. The lowest BCUT2D eigenvalue weighted by molar-refractivity contribution is 0.0562. The minimum atomic E-state index is -0.254. The summed E-state index contributed by atoms with van der Waals surface area (Å²) in [4.78, 5) is 15.6. The monoisotopic (exact) mass is 270 g/mol. The van der Waals surface area contributed by atoms with E-state index in [4.69, 9.17) is 5.11 Å². The summed E-state index contributed by atoms with van der Waals surface area (Å²) in [6, 6.07) is 1.82. The molecule has 2 rings (SSSR count). The fourth-order valence-electron chi connectivity index (χ4n) is 1.51. The maximum absolute atomic E-state index is 11.7. The van der Waals surface area contributed by atoms with Gasteiger partial charge in [0.15, 0.2) is 0 Å². The van der Waals surface area contributed by atoms with E-state index in [2.05, 4.69) is 26.2 Å². The van der Waals surface area contributed by atoms with Crippen LogP contribution in [-0.2, 0) is 0 Å². The predicted molar refractivity (Wildman–Crippen MR) is 58.4 cm³/mol. The molecule has 5 heteroatoms. The van der Waals surface area contributed by atoms with Crippen molar-refractivity contribution >= 4 is 21.8 Å². The molecule has 0 aromatic carbocycles. The third-order valence-electron chi connectivity index (χ3n) is 2.42. The molecule has 0 bridgehead atoms. The van der Waals surface area contributed by atoms with Crippen molar-refractivity contribution in [3.63, 3.8) is 0 Å². The molecule has 1 heterocycles. The number of hydrogen-bond donors (Lipinski definition) is 2. The number of hydrogen-bond acceptors (Lipinski definition) is 3. The lowest BCUT2D eigenvalue weighted by Crippen LogP contribution is -2.46. The standard InChI is InChI=1S/C10H11BrN2O2/c11-7-1-6(4-12-5-7)10(15)13-8-2-9(14)3-8/h1,4-5,8-9,14H,2-3H2,(H,13,15). The van der Waals surface area contributed by atoms with E-state index in [1.54, 1.807) is 12.3 Å². The lowest BCUT2D eigenvalue weighted by Gasteiger charge is -2.31. The van der Waals surface area contributed by atoms with E-state index in [-0.39, 0.29) is 18.1 Å². The second-order valence-electron chi connectivity index (χ2n) is 3.69. The topological polar surface area (TPSA) is 62.2 Å². The van der Waals surface area contributed by atoms with Crippen LogP contribution in [0.15, 0.2) is 22.9 Å². The molecule has 80 valence electrons. The van der Waals surface area contributed by atoms with Crippen LogP contribution in [0, 0.1) is 0 Å². The molecule has 0 atom stereocenters. The van der Waals surface area contributed by atoms with Crippen molar-refractivity contribution in [1.29, 1.82) is 0 Å². The summed E-state index contributed by atoms with van der Waals surface area (Å²) < 4.78 is 0.781. The number of amides is 1. The van der Waals surface area contributed by atoms with Gasteiger partial charge in [0, 0.05) is 22.9 Å². The molecular formula is C10H11BrN2O2. The molecule has 1 saturated carbocycles. The van der Waals surface area contributed by atoms with Gasteiger partial charge in [-0.25, -0.2) is 0 Å². The number of nitrogens with one attached hydrogen (secondary N) is 1. The lowest BCUT2D eigenvalue weighted by atomic mass is 9.89. The van der Waals surface area contributed by atoms with Crippen LogP contribution >= 0.6 is 15.9 Å². The molecule has 1 amide bonds. The van der Waals surface area contributed by atoms with Gasteiger partial charge in [0.05, 0.1) is 11.7 Å². The molecule has 0 saturated heterocycles. The van der Waals surface area contributed by atoms with E-state index >= 15 is 0 Å². The van der Waals surface area contributed by atoms with Crippen LogP contribution in [0.4, 0.5) is 0 Å². The summed E-state index contributed by atoms with van der Waals surface area (Å²) in [6.45, 7) is 0. The van der Waals surface area contributed by atoms with Crippen LogP contribution < -0.4 is 5.32 Å². The van der Waals surface area contributed by atoms with Crippen LogP contribution in [0.25, 0.3) is 0 Å². The Morgan fingerprint density at radius 3 is 2.87 bits per heavy atom. The molecule has 0 radical (unpaired) electrons. The third-order valence-corrected chi connectivity index (χ3v) is 2.85. The zero-order chi connectivity index (χ0) is 10.8. The number of carbonyl (C=O) groups is 1. The number of nitrogens with zero attached hydrogens (tertiary/aromatic N) is 1. The Morgan fingerprint density at radius 2 is 2.27 bits per heavy atom. The zero-order valence-electron chi connectivity index (χ0n) is 7.98. The molecule has 1 aliphatic rings. The second-order valence-corrected chi connectivity index (χ2v) is 4.60.